The summed E-state index contributed by atoms with van der Waals surface area (Å²) in [6, 6.07) is 5.82. The molecule has 0 fully saturated rings. The van der Waals surface area contributed by atoms with Crippen molar-refractivity contribution in [1.82, 2.24) is 10.6 Å². The lowest BCUT2D eigenvalue weighted by Crippen LogP contribution is -2.39. The lowest BCUT2D eigenvalue weighted by molar-refractivity contribution is -0.118. The Morgan fingerprint density at radius 1 is 1.20 bits per heavy atom. The van der Waals surface area contributed by atoms with Gasteiger partial charge in [-0.1, -0.05) is 12.1 Å². The normalized spacial score (nSPS) is 14.7. The number of Topliss-reactive ketones (excluding diaryl/α,β-unsaturated/α-hetero) is 1. The first-order valence-electron chi connectivity index (χ1n) is 7.22. The molecular weight excluding hydrogens is 252 g/mol. The zero-order valence-corrected chi connectivity index (χ0v) is 12.2. The first-order chi connectivity index (χ1) is 9.58. The lowest BCUT2D eigenvalue weighted by Gasteiger charge is -2.13. The highest BCUT2D eigenvalue weighted by atomic mass is 16.1. The number of hydrogen-bond donors (Lipinski definition) is 2. The van der Waals surface area contributed by atoms with Crippen LogP contribution in [0.5, 0.6) is 0 Å². The number of rotatable bonds is 6. The third kappa shape index (κ3) is 3.67. The zero-order chi connectivity index (χ0) is 14.5. The largest absolute Gasteiger partial charge is 0.355 e. The molecule has 0 aromatic heterocycles. The number of carbonyl (C=O) groups excluding carboxylic acids is 2. The van der Waals surface area contributed by atoms with Gasteiger partial charge in [-0.05, 0) is 43.4 Å². The third-order valence-electron chi connectivity index (χ3n) is 3.73. The summed E-state index contributed by atoms with van der Waals surface area (Å²) in [7, 11) is 0. The van der Waals surface area contributed by atoms with Crippen molar-refractivity contribution >= 4 is 11.7 Å². The molecule has 4 heteroatoms. The number of carbonyl (C=O) groups is 2. The SMILES string of the molecule is CC(=O)NCCNC(C)C(=O)c1ccc2c(c1)CCC2. The van der Waals surface area contributed by atoms with E-state index in [-0.39, 0.29) is 17.7 Å². The van der Waals surface area contributed by atoms with E-state index in [1.165, 1.54) is 24.5 Å². The van der Waals surface area contributed by atoms with Crippen molar-refractivity contribution in [3.05, 3.63) is 34.9 Å². The molecule has 4 nitrogen and oxygen atoms in total. The summed E-state index contributed by atoms with van der Waals surface area (Å²) in [5.41, 5.74) is 3.49. The van der Waals surface area contributed by atoms with Gasteiger partial charge in [-0.2, -0.15) is 0 Å². The Balaban J connectivity index is 1.88. The number of fused-ring (bicyclic) bond motifs is 1. The minimum atomic E-state index is -0.233. The van der Waals surface area contributed by atoms with E-state index in [1.807, 2.05) is 19.1 Å². The molecule has 0 heterocycles. The van der Waals surface area contributed by atoms with Crippen molar-refractivity contribution in [2.24, 2.45) is 0 Å². The Labute approximate surface area is 119 Å². The maximum atomic E-state index is 12.3. The number of aryl methyl sites for hydroxylation is 2. The van der Waals surface area contributed by atoms with Crippen molar-refractivity contribution in [3.63, 3.8) is 0 Å². The maximum absolute atomic E-state index is 12.3. The van der Waals surface area contributed by atoms with Crippen molar-refractivity contribution < 1.29 is 9.59 Å². The molecule has 2 N–H and O–H groups in total. The van der Waals surface area contributed by atoms with E-state index in [1.54, 1.807) is 0 Å². The maximum Gasteiger partial charge on any atom is 0.216 e. The van der Waals surface area contributed by atoms with Gasteiger partial charge >= 0.3 is 0 Å². The van der Waals surface area contributed by atoms with E-state index >= 15 is 0 Å². The fourth-order valence-corrected chi connectivity index (χ4v) is 2.59. The summed E-state index contributed by atoms with van der Waals surface area (Å²) < 4.78 is 0. The summed E-state index contributed by atoms with van der Waals surface area (Å²) in [5.74, 6) is 0.0620. The fraction of sp³-hybridized carbons (Fsp3) is 0.500. The molecule has 20 heavy (non-hydrogen) atoms. The van der Waals surface area contributed by atoms with Gasteiger partial charge in [0.25, 0.3) is 0 Å². The fourth-order valence-electron chi connectivity index (χ4n) is 2.59. The summed E-state index contributed by atoms with van der Waals surface area (Å²) in [5, 5.41) is 5.84. The van der Waals surface area contributed by atoms with E-state index in [9.17, 15) is 9.59 Å². The molecule has 0 aliphatic heterocycles. The first-order valence-corrected chi connectivity index (χ1v) is 7.22. The van der Waals surface area contributed by atoms with Gasteiger partial charge in [0.15, 0.2) is 5.78 Å². The predicted molar refractivity (Wildman–Crippen MR) is 78.9 cm³/mol. The van der Waals surface area contributed by atoms with Gasteiger partial charge < -0.3 is 10.6 Å². The highest BCUT2D eigenvalue weighted by Crippen LogP contribution is 2.23. The molecule has 1 aromatic rings. The molecule has 1 aliphatic rings. The van der Waals surface area contributed by atoms with Gasteiger partial charge in [0, 0.05) is 25.6 Å². The Kier molecular flexibility index (Phi) is 4.90. The van der Waals surface area contributed by atoms with Crippen LogP contribution < -0.4 is 10.6 Å². The third-order valence-corrected chi connectivity index (χ3v) is 3.73. The van der Waals surface area contributed by atoms with Crippen LogP contribution in [0.4, 0.5) is 0 Å². The number of ketones is 1. The summed E-state index contributed by atoms with van der Waals surface area (Å²) in [4.78, 5) is 23.1. The van der Waals surface area contributed by atoms with Crippen molar-refractivity contribution in [3.8, 4) is 0 Å². The predicted octanol–water partition coefficient (Wildman–Crippen LogP) is 1.47. The van der Waals surface area contributed by atoms with Gasteiger partial charge in [-0.15, -0.1) is 0 Å². The molecule has 0 bridgehead atoms. The molecule has 0 spiro atoms. The molecule has 0 radical (unpaired) electrons. The molecule has 1 aliphatic carbocycles. The highest BCUT2D eigenvalue weighted by Gasteiger charge is 2.17. The van der Waals surface area contributed by atoms with Crippen molar-refractivity contribution in [2.75, 3.05) is 13.1 Å². The number of nitrogens with one attached hydrogen (secondary N) is 2. The molecule has 1 aromatic carbocycles. The van der Waals surface area contributed by atoms with Crippen molar-refractivity contribution in [2.45, 2.75) is 39.2 Å². The van der Waals surface area contributed by atoms with Crippen LogP contribution in [0, 0.1) is 0 Å². The molecular formula is C16H22N2O2. The molecule has 1 amide bonds. The minimum Gasteiger partial charge on any atom is -0.355 e. The van der Waals surface area contributed by atoms with Crippen LogP contribution in [0.15, 0.2) is 18.2 Å². The van der Waals surface area contributed by atoms with Crippen LogP contribution in [0.3, 0.4) is 0 Å². The number of amides is 1. The minimum absolute atomic E-state index is 0.0515. The van der Waals surface area contributed by atoms with Crippen molar-refractivity contribution in [1.29, 1.82) is 0 Å². The van der Waals surface area contributed by atoms with Gasteiger partial charge in [-0.3, -0.25) is 9.59 Å². The second-order valence-corrected chi connectivity index (χ2v) is 5.36. The van der Waals surface area contributed by atoms with Gasteiger partial charge in [0.1, 0.15) is 0 Å². The second kappa shape index (κ2) is 6.66. The van der Waals surface area contributed by atoms with Crippen LogP contribution >= 0.6 is 0 Å². The van der Waals surface area contributed by atoms with Gasteiger partial charge in [0.2, 0.25) is 5.91 Å². The van der Waals surface area contributed by atoms with Crippen LogP contribution in [0.2, 0.25) is 0 Å². The smallest absolute Gasteiger partial charge is 0.216 e. The Morgan fingerprint density at radius 2 is 1.95 bits per heavy atom. The number of benzene rings is 1. The average molecular weight is 274 g/mol. The average Bonchev–Trinajstić information content (AvgIpc) is 2.89. The molecule has 1 unspecified atom stereocenters. The van der Waals surface area contributed by atoms with Crippen LogP contribution in [-0.4, -0.2) is 30.8 Å². The first kappa shape index (κ1) is 14.7. The van der Waals surface area contributed by atoms with Gasteiger partial charge in [0.05, 0.1) is 6.04 Å². The van der Waals surface area contributed by atoms with E-state index in [4.69, 9.17) is 0 Å². The Hall–Kier alpha value is -1.68. The summed E-state index contributed by atoms with van der Waals surface area (Å²) in [6.07, 6.45) is 3.41. The summed E-state index contributed by atoms with van der Waals surface area (Å²) in [6.45, 7) is 4.48. The number of hydrogen-bond acceptors (Lipinski definition) is 3. The van der Waals surface area contributed by atoms with E-state index in [0.717, 1.165) is 18.4 Å². The lowest BCUT2D eigenvalue weighted by atomic mass is 10.0. The highest BCUT2D eigenvalue weighted by molar-refractivity contribution is 6.00. The van der Waals surface area contributed by atoms with E-state index in [0.29, 0.717) is 13.1 Å². The van der Waals surface area contributed by atoms with Gasteiger partial charge in [-0.25, -0.2) is 0 Å². The Bertz CT molecular complexity index is 511. The van der Waals surface area contributed by atoms with Crippen LogP contribution in [0.1, 0.15) is 41.8 Å². The van der Waals surface area contributed by atoms with Crippen LogP contribution in [0.25, 0.3) is 0 Å². The molecule has 0 saturated carbocycles. The molecule has 2 rings (SSSR count). The van der Waals surface area contributed by atoms with Crippen LogP contribution in [-0.2, 0) is 17.6 Å². The quantitative estimate of drug-likeness (QED) is 0.610. The standard InChI is InChI=1S/C16H22N2O2/c1-11(17-8-9-18-12(2)19)16(20)15-7-6-13-4-3-5-14(13)10-15/h6-7,10-11,17H,3-5,8-9H2,1-2H3,(H,18,19). The Morgan fingerprint density at radius 3 is 2.70 bits per heavy atom. The second-order valence-electron chi connectivity index (χ2n) is 5.36. The van der Waals surface area contributed by atoms with E-state index < -0.39 is 0 Å². The van der Waals surface area contributed by atoms with E-state index in [2.05, 4.69) is 16.7 Å². The molecule has 1 atom stereocenters. The molecule has 108 valence electrons. The zero-order valence-electron chi connectivity index (χ0n) is 12.2. The summed E-state index contributed by atoms with van der Waals surface area (Å²) >= 11 is 0. The monoisotopic (exact) mass is 274 g/mol. The topological polar surface area (TPSA) is 58.2 Å². The molecule has 0 saturated heterocycles.